The van der Waals surface area contributed by atoms with E-state index >= 15 is 0 Å². The van der Waals surface area contributed by atoms with Crippen molar-refractivity contribution >= 4 is 11.6 Å². The lowest BCUT2D eigenvalue weighted by Crippen LogP contribution is -2.45. The van der Waals surface area contributed by atoms with E-state index in [4.69, 9.17) is 0 Å². The third-order valence-corrected chi connectivity index (χ3v) is 4.66. The lowest BCUT2D eigenvalue weighted by Gasteiger charge is -2.35. The molecule has 0 aliphatic carbocycles. The maximum Gasteiger partial charge on any atom is 0.261 e. The highest BCUT2D eigenvalue weighted by Crippen LogP contribution is 2.45. The molecule has 0 saturated heterocycles. The number of amides is 1. The lowest BCUT2D eigenvalue weighted by atomic mass is 9.93. The van der Waals surface area contributed by atoms with Crippen LogP contribution >= 0.6 is 0 Å². The van der Waals surface area contributed by atoms with Gasteiger partial charge < -0.3 is 5.11 Å². The van der Waals surface area contributed by atoms with Gasteiger partial charge in [-0.2, -0.15) is 0 Å². The Bertz CT molecular complexity index is 968. The summed E-state index contributed by atoms with van der Waals surface area (Å²) in [7, 11) is 0. The second kappa shape index (κ2) is 5.53. The van der Waals surface area contributed by atoms with Gasteiger partial charge in [-0.1, -0.05) is 48.5 Å². The molecule has 1 atom stereocenters. The van der Waals surface area contributed by atoms with Crippen LogP contribution in [0.3, 0.4) is 0 Å². The zero-order valence-corrected chi connectivity index (χ0v) is 13.6. The van der Waals surface area contributed by atoms with E-state index in [2.05, 4.69) is 0 Å². The molecule has 0 aromatic heterocycles. The average Bonchev–Trinajstić information content (AvgIpc) is 2.85. The summed E-state index contributed by atoms with van der Waals surface area (Å²) in [6.45, 7) is 1.89. The van der Waals surface area contributed by atoms with E-state index in [1.54, 1.807) is 30.3 Å². The van der Waals surface area contributed by atoms with Gasteiger partial charge in [0.05, 0.1) is 5.69 Å². The third-order valence-electron chi connectivity index (χ3n) is 4.66. The van der Waals surface area contributed by atoms with Crippen LogP contribution in [0, 0.1) is 12.7 Å². The fraction of sp³-hybridized carbons (Fsp3) is 0.0952. The van der Waals surface area contributed by atoms with Crippen LogP contribution in [-0.2, 0) is 5.72 Å². The molecular weight excluding hydrogens is 317 g/mol. The zero-order chi connectivity index (χ0) is 17.6. The highest BCUT2D eigenvalue weighted by molar-refractivity contribution is 6.12. The summed E-state index contributed by atoms with van der Waals surface area (Å²) in [5, 5.41) is 11.7. The van der Waals surface area contributed by atoms with Crippen molar-refractivity contribution in [3.05, 3.63) is 101 Å². The molecule has 124 valence electrons. The number of aliphatic hydroxyl groups is 1. The Labute approximate surface area is 145 Å². The number of rotatable bonds is 2. The highest BCUT2D eigenvalue weighted by Gasteiger charge is 2.50. The summed E-state index contributed by atoms with van der Waals surface area (Å²) in [5.41, 5.74) is 1.18. The topological polar surface area (TPSA) is 40.5 Å². The van der Waals surface area contributed by atoms with E-state index in [1.807, 2.05) is 25.1 Å². The van der Waals surface area contributed by atoms with Crippen molar-refractivity contribution < 1.29 is 14.3 Å². The van der Waals surface area contributed by atoms with Crippen LogP contribution in [0.25, 0.3) is 0 Å². The first-order valence-electron chi connectivity index (χ1n) is 8.01. The van der Waals surface area contributed by atoms with E-state index in [0.29, 0.717) is 22.4 Å². The normalized spacial score (nSPS) is 19.2. The largest absolute Gasteiger partial charge is 0.363 e. The van der Waals surface area contributed by atoms with Crippen molar-refractivity contribution in [1.82, 2.24) is 0 Å². The van der Waals surface area contributed by atoms with E-state index < -0.39 is 11.5 Å². The van der Waals surface area contributed by atoms with Gasteiger partial charge in [-0.05, 0) is 36.8 Å². The fourth-order valence-electron chi connectivity index (χ4n) is 3.43. The second-order valence-electron chi connectivity index (χ2n) is 6.15. The maximum absolute atomic E-state index is 13.4. The van der Waals surface area contributed by atoms with Crippen LogP contribution in [0.5, 0.6) is 0 Å². The molecule has 4 heteroatoms. The van der Waals surface area contributed by atoms with Gasteiger partial charge in [0, 0.05) is 16.7 Å². The van der Waals surface area contributed by atoms with Crippen LogP contribution < -0.4 is 4.90 Å². The van der Waals surface area contributed by atoms with E-state index in [0.717, 1.165) is 5.56 Å². The van der Waals surface area contributed by atoms with Crippen molar-refractivity contribution in [2.24, 2.45) is 0 Å². The number of hydrogen-bond donors (Lipinski definition) is 1. The van der Waals surface area contributed by atoms with Crippen LogP contribution in [0.15, 0.2) is 72.8 Å². The molecule has 3 aromatic rings. The quantitative estimate of drug-likeness (QED) is 0.770. The first-order valence-corrected chi connectivity index (χ1v) is 8.01. The maximum atomic E-state index is 13.4. The molecule has 1 aliphatic rings. The van der Waals surface area contributed by atoms with Gasteiger partial charge in [-0.25, -0.2) is 4.39 Å². The molecule has 1 heterocycles. The van der Waals surface area contributed by atoms with Crippen molar-refractivity contribution in [2.45, 2.75) is 12.6 Å². The molecule has 0 saturated carbocycles. The number of carbonyl (C=O) groups is 1. The van der Waals surface area contributed by atoms with Gasteiger partial charge >= 0.3 is 0 Å². The highest BCUT2D eigenvalue weighted by atomic mass is 19.1. The Hall–Kier alpha value is -2.98. The number of benzene rings is 3. The minimum Gasteiger partial charge on any atom is -0.363 e. The Morgan fingerprint density at radius 3 is 2.28 bits per heavy atom. The molecule has 0 spiro atoms. The number of anilines is 1. The predicted molar refractivity (Wildman–Crippen MR) is 93.8 cm³/mol. The first kappa shape index (κ1) is 15.5. The van der Waals surface area contributed by atoms with E-state index in [9.17, 15) is 14.3 Å². The average molecular weight is 333 g/mol. The number of halogens is 1. The molecule has 0 bridgehead atoms. The number of hydrogen-bond acceptors (Lipinski definition) is 2. The van der Waals surface area contributed by atoms with E-state index in [-0.39, 0.29) is 5.91 Å². The van der Waals surface area contributed by atoms with Gasteiger partial charge in [-0.3, -0.25) is 9.69 Å². The standard InChI is InChI=1S/C21H16FNO2/c1-14-6-2-5-9-19(14)23-20(24)17-7-3-4-8-18(17)21(23,25)15-10-12-16(22)13-11-15/h2-13,25H,1H3/t21-/m0/s1. The van der Waals surface area contributed by atoms with Gasteiger partial charge in [0.1, 0.15) is 5.82 Å². The number of aryl methyl sites for hydroxylation is 1. The number of para-hydroxylation sites is 1. The van der Waals surface area contributed by atoms with Crippen LogP contribution in [-0.4, -0.2) is 11.0 Å². The molecule has 3 aromatic carbocycles. The van der Waals surface area contributed by atoms with E-state index in [1.165, 1.54) is 29.2 Å². The Balaban J connectivity index is 2.01. The second-order valence-corrected chi connectivity index (χ2v) is 6.15. The molecule has 0 radical (unpaired) electrons. The Kier molecular flexibility index (Phi) is 3.44. The summed E-state index contributed by atoms with van der Waals surface area (Å²) < 4.78 is 13.4. The summed E-state index contributed by atoms with van der Waals surface area (Å²) >= 11 is 0. The summed E-state index contributed by atoms with van der Waals surface area (Å²) in [6.07, 6.45) is 0. The van der Waals surface area contributed by atoms with Gasteiger partial charge in [0.15, 0.2) is 5.72 Å². The Morgan fingerprint density at radius 2 is 1.56 bits per heavy atom. The smallest absolute Gasteiger partial charge is 0.261 e. The van der Waals surface area contributed by atoms with Crippen LogP contribution in [0.4, 0.5) is 10.1 Å². The number of carbonyl (C=O) groups excluding carboxylic acids is 1. The summed E-state index contributed by atoms with van der Waals surface area (Å²) in [6, 6.07) is 20.0. The molecule has 3 nitrogen and oxygen atoms in total. The molecule has 4 rings (SSSR count). The zero-order valence-electron chi connectivity index (χ0n) is 13.6. The van der Waals surface area contributed by atoms with Crippen molar-refractivity contribution in [1.29, 1.82) is 0 Å². The fourth-order valence-corrected chi connectivity index (χ4v) is 3.43. The molecule has 1 amide bonds. The van der Waals surface area contributed by atoms with Crippen LogP contribution in [0.2, 0.25) is 0 Å². The van der Waals surface area contributed by atoms with Crippen LogP contribution in [0.1, 0.15) is 27.0 Å². The minimum absolute atomic E-state index is 0.281. The van der Waals surface area contributed by atoms with Crippen molar-refractivity contribution in [2.75, 3.05) is 4.90 Å². The van der Waals surface area contributed by atoms with Gasteiger partial charge in [0.2, 0.25) is 0 Å². The predicted octanol–water partition coefficient (Wildman–Crippen LogP) is 3.99. The summed E-state index contributed by atoms with van der Waals surface area (Å²) in [5.74, 6) is -0.677. The first-order chi connectivity index (χ1) is 12.0. The molecule has 0 unspecified atom stereocenters. The van der Waals surface area contributed by atoms with Crippen molar-refractivity contribution in [3.63, 3.8) is 0 Å². The Morgan fingerprint density at radius 1 is 0.920 bits per heavy atom. The van der Waals surface area contributed by atoms with Gasteiger partial charge in [0.25, 0.3) is 5.91 Å². The summed E-state index contributed by atoms with van der Waals surface area (Å²) in [4.78, 5) is 14.5. The number of fused-ring (bicyclic) bond motifs is 1. The SMILES string of the molecule is Cc1ccccc1N1C(=O)c2ccccc2[C@@]1(O)c1ccc(F)cc1. The molecule has 25 heavy (non-hydrogen) atoms. The lowest BCUT2D eigenvalue weighted by molar-refractivity contribution is 0.0702. The molecule has 0 fully saturated rings. The molecule has 1 N–H and O–H groups in total. The number of nitrogens with zero attached hydrogens (tertiary/aromatic N) is 1. The third kappa shape index (κ3) is 2.18. The molecule has 1 aliphatic heterocycles. The van der Waals surface area contributed by atoms with Gasteiger partial charge in [-0.15, -0.1) is 0 Å². The minimum atomic E-state index is -1.69. The monoisotopic (exact) mass is 333 g/mol. The molecular formula is C21H16FNO2. The van der Waals surface area contributed by atoms with Crippen molar-refractivity contribution in [3.8, 4) is 0 Å².